The number of carbonyl (C=O) groups is 2. The molecule has 0 atom stereocenters. The fraction of sp³-hybridized carbons (Fsp3) is 0.167. The number of halogens is 6. The molecule has 0 amide bonds. The molecule has 3 aromatic carbocycles. The molecule has 41 heavy (non-hydrogen) atoms. The van der Waals surface area contributed by atoms with Crippen LogP contribution in [0.2, 0.25) is 10.0 Å². The molecule has 0 unspecified atom stereocenters. The van der Waals surface area contributed by atoms with Crippen molar-refractivity contribution in [3.8, 4) is 22.3 Å². The summed E-state index contributed by atoms with van der Waals surface area (Å²) in [4.78, 5) is 27.2. The van der Waals surface area contributed by atoms with Gasteiger partial charge in [0.2, 0.25) is 0 Å². The summed E-state index contributed by atoms with van der Waals surface area (Å²) in [5.41, 5.74) is 1.78. The Morgan fingerprint density at radius 3 is 2.29 bits per heavy atom. The van der Waals surface area contributed by atoms with Crippen LogP contribution in [0, 0.1) is 5.82 Å². The minimum absolute atomic E-state index is 0.0521. The van der Waals surface area contributed by atoms with Gasteiger partial charge in [-0.05, 0) is 65.6 Å². The Morgan fingerprint density at radius 2 is 1.63 bits per heavy atom. The lowest BCUT2D eigenvalue weighted by Gasteiger charge is -2.16. The van der Waals surface area contributed by atoms with E-state index in [1.165, 1.54) is 18.3 Å². The second-order valence-electron chi connectivity index (χ2n) is 9.14. The zero-order chi connectivity index (χ0) is 29.7. The quantitative estimate of drug-likeness (QED) is 0.139. The lowest BCUT2D eigenvalue weighted by atomic mass is 9.98. The summed E-state index contributed by atoms with van der Waals surface area (Å²) >= 11 is 12.6. The predicted molar refractivity (Wildman–Crippen MR) is 150 cm³/mol. The normalized spacial score (nSPS) is 11.4. The Labute approximate surface area is 242 Å². The highest BCUT2D eigenvalue weighted by atomic mass is 35.5. The number of rotatable bonds is 10. The highest BCUT2D eigenvalue weighted by molar-refractivity contribution is 6.33. The molecule has 5 nitrogen and oxygen atoms in total. The molecule has 0 saturated carbocycles. The van der Waals surface area contributed by atoms with E-state index in [0.717, 1.165) is 23.3 Å². The van der Waals surface area contributed by atoms with Gasteiger partial charge in [-0.15, -0.1) is 0 Å². The number of nitrogens with one attached hydrogen (secondary N) is 1. The zero-order valence-corrected chi connectivity index (χ0v) is 22.7. The first-order valence-electron chi connectivity index (χ1n) is 12.3. The molecule has 0 bridgehead atoms. The Bertz CT molecular complexity index is 1590. The summed E-state index contributed by atoms with van der Waals surface area (Å²) in [6.45, 7) is 0.294. The molecule has 0 spiro atoms. The molecule has 212 valence electrons. The molecule has 0 fully saturated rings. The van der Waals surface area contributed by atoms with E-state index in [1.807, 2.05) is 0 Å². The molecule has 0 radical (unpaired) electrons. The van der Waals surface area contributed by atoms with Crippen molar-refractivity contribution in [2.75, 3.05) is 5.32 Å². The number of alkyl halides is 3. The van der Waals surface area contributed by atoms with E-state index in [1.54, 1.807) is 36.4 Å². The summed E-state index contributed by atoms with van der Waals surface area (Å²) in [6.07, 6.45) is -3.03. The smallest absolute Gasteiger partial charge is 0.417 e. The maximum absolute atomic E-state index is 13.5. The maximum atomic E-state index is 13.5. The van der Waals surface area contributed by atoms with Gasteiger partial charge in [0.25, 0.3) is 0 Å². The van der Waals surface area contributed by atoms with Gasteiger partial charge in [0.15, 0.2) is 5.78 Å². The third-order valence-corrected chi connectivity index (χ3v) is 6.80. The van der Waals surface area contributed by atoms with E-state index >= 15 is 0 Å². The molecule has 4 aromatic rings. The first-order chi connectivity index (χ1) is 19.4. The second-order valence-corrected chi connectivity index (χ2v) is 9.98. The average molecular weight is 605 g/mol. The number of hydrogen-bond donors (Lipinski definition) is 2. The van der Waals surface area contributed by atoms with Crippen molar-refractivity contribution in [3.05, 3.63) is 106 Å². The Kier molecular flexibility index (Phi) is 9.30. The molecule has 0 aliphatic carbocycles. The molecular weight excluding hydrogens is 583 g/mol. The van der Waals surface area contributed by atoms with Gasteiger partial charge in [-0.2, -0.15) is 13.2 Å². The van der Waals surface area contributed by atoms with Gasteiger partial charge in [-0.3, -0.25) is 14.6 Å². The van der Waals surface area contributed by atoms with E-state index in [4.69, 9.17) is 28.3 Å². The van der Waals surface area contributed by atoms with Crippen molar-refractivity contribution >= 4 is 40.6 Å². The standard InChI is InChI=1S/C30H22Cl2F4N2O3/c31-19-6-4-17(24(12-19)18-5-11-27(38-16-18)28(39)2-1-3-29(40)41)15-37-21-8-10-23(26(32)14-21)22-9-7-20(33)13-25(22)30(34,35)36/h4-14,16,37H,1-3,15H2,(H,40,41). The number of nitrogens with zero attached hydrogens (tertiary/aromatic N) is 1. The average Bonchev–Trinajstić information content (AvgIpc) is 2.92. The van der Waals surface area contributed by atoms with Crippen LogP contribution in [0.3, 0.4) is 0 Å². The molecule has 0 saturated heterocycles. The van der Waals surface area contributed by atoms with E-state index < -0.39 is 23.5 Å². The van der Waals surface area contributed by atoms with Gasteiger partial charge in [-0.25, -0.2) is 4.39 Å². The van der Waals surface area contributed by atoms with E-state index in [2.05, 4.69) is 10.3 Å². The predicted octanol–water partition coefficient (Wildman–Crippen LogP) is 8.93. The number of benzene rings is 3. The van der Waals surface area contributed by atoms with Crippen LogP contribution in [-0.4, -0.2) is 21.8 Å². The van der Waals surface area contributed by atoms with E-state index in [-0.39, 0.29) is 46.9 Å². The van der Waals surface area contributed by atoms with Crippen molar-refractivity contribution in [2.45, 2.75) is 32.0 Å². The van der Waals surface area contributed by atoms with Crippen molar-refractivity contribution in [1.82, 2.24) is 4.98 Å². The summed E-state index contributed by atoms with van der Waals surface area (Å²) in [5, 5.41) is 12.5. The van der Waals surface area contributed by atoms with Gasteiger partial charge in [0, 0.05) is 47.4 Å². The van der Waals surface area contributed by atoms with Crippen LogP contribution in [-0.2, 0) is 17.5 Å². The van der Waals surface area contributed by atoms with Gasteiger partial charge < -0.3 is 10.4 Å². The molecule has 2 N–H and O–H groups in total. The van der Waals surface area contributed by atoms with Crippen LogP contribution >= 0.6 is 23.2 Å². The monoisotopic (exact) mass is 604 g/mol. The van der Waals surface area contributed by atoms with Crippen LogP contribution in [0.4, 0.5) is 23.2 Å². The van der Waals surface area contributed by atoms with Gasteiger partial charge >= 0.3 is 12.1 Å². The van der Waals surface area contributed by atoms with Gasteiger partial charge in [-0.1, -0.05) is 47.5 Å². The van der Waals surface area contributed by atoms with Crippen molar-refractivity contribution in [1.29, 1.82) is 0 Å². The largest absolute Gasteiger partial charge is 0.481 e. The molecule has 0 aliphatic heterocycles. The molecular formula is C30H22Cl2F4N2O3. The number of pyridine rings is 1. The fourth-order valence-electron chi connectivity index (χ4n) is 4.24. The van der Waals surface area contributed by atoms with Crippen LogP contribution in [0.1, 0.15) is 40.9 Å². The minimum Gasteiger partial charge on any atom is -0.481 e. The number of aromatic nitrogens is 1. The lowest BCUT2D eigenvalue weighted by molar-refractivity contribution is -0.138. The maximum Gasteiger partial charge on any atom is 0.417 e. The summed E-state index contributed by atoms with van der Waals surface area (Å²) in [7, 11) is 0. The zero-order valence-electron chi connectivity index (χ0n) is 21.2. The number of hydrogen-bond acceptors (Lipinski definition) is 4. The first-order valence-corrected chi connectivity index (χ1v) is 13.1. The molecule has 4 rings (SSSR count). The lowest BCUT2D eigenvalue weighted by Crippen LogP contribution is -2.08. The number of anilines is 1. The summed E-state index contributed by atoms with van der Waals surface area (Å²) in [6, 6.07) is 15.5. The third-order valence-electron chi connectivity index (χ3n) is 6.26. The molecule has 1 aromatic heterocycles. The molecule has 1 heterocycles. The van der Waals surface area contributed by atoms with Crippen LogP contribution in [0.15, 0.2) is 72.9 Å². The minimum atomic E-state index is -4.76. The highest BCUT2D eigenvalue weighted by Crippen LogP contribution is 2.40. The second kappa shape index (κ2) is 12.7. The van der Waals surface area contributed by atoms with Crippen LogP contribution in [0.5, 0.6) is 0 Å². The number of aliphatic carboxylic acids is 1. The van der Waals surface area contributed by atoms with Gasteiger partial charge in [0.1, 0.15) is 11.5 Å². The molecule has 11 heteroatoms. The Balaban J connectivity index is 1.52. The van der Waals surface area contributed by atoms with Crippen molar-refractivity contribution in [3.63, 3.8) is 0 Å². The number of ketones is 1. The van der Waals surface area contributed by atoms with Crippen LogP contribution < -0.4 is 5.32 Å². The number of carboxylic acid groups (broad SMARTS) is 1. The van der Waals surface area contributed by atoms with Crippen molar-refractivity contribution < 1.29 is 32.3 Å². The third kappa shape index (κ3) is 7.62. The first kappa shape index (κ1) is 30.0. The van der Waals surface area contributed by atoms with Crippen molar-refractivity contribution in [2.24, 2.45) is 0 Å². The SMILES string of the molecule is O=C(O)CCCC(=O)c1ccc(-c2cc(Cl)ccc2CNc2ccc(-c3ccc(F)cc3C(F)(F)F)c(Cl)c2)cn1. The number of carboxylic acids is 1. The van der Waals surface area contributed by atoms with E-state index in [9.17, 15) is 27.2 Å². The molecule has 0 aliphatic rings. The highest BCUT2D eigenvalue weighted by Gasteiger charge is 2.34. The summed E-state index contributed by atoms with van der Waals surface area (Å²) < 4.78 is 54.1. The Morgan fingerprint density at radius 1 is 0.878 bits per heavy atom. The summed E-state index contributed by atoms with van der Waals surface area (Å²) in [5.74, 6) is -2.22. The Hall–Kier alpha value is -3.95. The number of Topliss-reactive ketones (excluding diaryl/α,β-unsaturated/α-hetero) is 1. The fourth-order valence-corrected chi connectivity index (χ4v) is 4.70. The van der Waals surface area contributed by atoms with E-state index in [0.29, 0.717) is 28.9 Å². The van der Waals surface area contributed by atoms with Gasteiger partial charge in [0.05, 0.1) is 10.6 Å². The number of carbonyl (C=O) groups excluding carboxylic acids is 1. The van der Waals surface area contributed by atoms with Crippen LogP contribution in [0.25, 0.3) is 22.3 Å². The topological polar surface area (TPSA) is 79.3 Å².